The molecule has 10 nitrogen and oxygen atoms in total. The molecule has 0 fully saturated rings. The Balaban J connectivity index is 1.72. The Kier molecular flexibility index (Phi) is 7.02. The van der Waals surface area contributed by atoms with Crippen LogP contribution in [0.1, 0.15) is 24.5 Å². The highest BCUT2D eigenvalue weighted by molar-refractivity contribution is 7.92. The number of sulfonamides is 1. The van der Waals surface area contributed by atoms with Crippen LogP contribution in [0.2, 0.25) is 0 Å². The van der Waals surface area contributed by atoms with E-state index in [4.69, 9.17) is 6.57 Å². The van der Waals surface area contributed by atoms with Crippen LogP contribution in [0.15, 0.2) is 83.9 Å². The van der Waals surface area contributed by atoms with E-state index < -0.39 is 16.1 Å². The summed E-state index contributed by atoms with van der Waals surface area (Å²) < 4.78 is 27.6. The van der Waals surface area contributed by atoms with Crippen LogP contribution < -0.4 is 15.6 Å². The van der Waals surface area contributed by atoms with Gasteiger partial charge in [0.2, 0.25) is 15.7 Å². The van der Waals surface area contributed by atoms with Crippen LogP contribution in [0.25, 0.3) is 32.4 Å². The first-order valence-corrected chi connectivity index (χ1v) is 14.2. The third-order valence-corrected chi connectivity index (χ3v) is 6.84. The molecule has 0 amide bonds. The van der Waals surface area contributed by atoms with E-state index in [0.717, 1.165) is 6.26 Å². The van der Waals surface area contributed by atoms with Crippen LogP contribution in [0, 0.1) is 13.5 Å². The van der Waals surface area contributed by atoms with Gasteiger partial charge >= 0.3 is 0 Å². The predicted molar refractivity (Wildman–Crippen MR) is 156 cm³/mol. The quantitative estimate of drug-likeness (QED) is 0.265. The SMILES string of the molecule is [C-]#[N+]c1cnc(C)nc1N[C@@H](C)c1cc2cccc(-c3ccnc(NS(C)(=O)=O)c3)c2c(=O)n1-c1ccccc1. The maximum Gasteiger partial charge on any atom is 0.263 e. The van der Waals surface area contributed by atoms with Gasteiger partial charge in [-0.05, 0) is 60.7 Å². The molecular formula is C29H25N7O3S. The number of pyridine rings is 2. The van der Waals surface area contributed by atoms with Gasteiger partial charge in [-0.1, -0.05) is 36.4 Å². The third kappa shape index (κ3) is 5.39. The lowest BCUT2D eigenvalue weighted by molar-refractivity contribution is 0.606. The molecule has 5 aromatic rings. The minimum atomic E-state index is -3.53. The van der Waals surface area contributed by atoms with Crippen LogP contribution in [0.5, 0.6) is 0 Å². The van der Waals surface area contributed by atoms with Crippen LogP contribution >= 0.6 is 0 Å². The molecule has 200 valence electrons. The molecule has 3 heterocycles. The topological polar surface area (TPSA) is 123 Å². The number of fused-ring (bicyclic) bond motifs is 1. The van der Waals surface area contributed by atoms with E-state index in [2.05, 4.69) is 29.8 Å². The second-order valence-electron chi connectivity index (χ2n) is 9.25. The van der Waals surface area contributed by atoms with Crippen molar-refractivity contribution in [2.45, 2.75) is 19.9 Å². The van der Waals surface area contributed by atoms with E-state index in [1.165, 1.54) is 12.4 Å². The molecule has 0 spiro atoms. The van der Waals surface area contributed by atoms with Gasteiger partial charge in [0, 0.05) is 23.8 Å². The third-order valence-electron chi connectivity index (χ3n) is 6.26. The maximum absolute atomic E-state index is 14.3. The van der Waals surface area contributed by atoms with Crippen molar-refractivity contribution in [3.8, 4) is 16.8 Å². The van der Waals surface area contributed by atoms with Gasteiger partial charge in [0.1, 0.15) is 17.5 Å². The molecule has 0 unspecified atom stereocenters. The highest BCUT2D eigenvalue weighted by Gasteiger charge is 2.20. The van der Waals surface area contributed by atoms with Crippen LogP contribution in [-0.2, 0) is 10.0 Å². The van der Waals surface area contributed by atoms with Crippen molar-refractivity contribution in [3.63, 3.8) is 0 Å². The summed E-state index contributed by atoms with van der Waals surface area (Å²) in [5, 5.41) is 4.47. The summed E-state index contributed by atoms with van der Waals surface area (Å²) in [6.07, 6.45) is 4.03. The summed E-state index contributed by atoms with van der Waals surface area (Å²) in [5.74, 6) is 1.07. The van der Waals surface area contributed by atoms with Gasteiger partial charge < -0.3 is 5.32 Å². The number of rotatable bonds is 7. The normalized spacial score (nSPS) is 12.1. The summed E-state index contributed by atoms with van der Waals surface area (Å²) in [5.41, 5.74) is 2.65. The molecule has 3 aromatic heterocycles. The molecule has 0 bridgehead atoms. The molecule has 40 heavy (non-hydrogen) atoms. The van der Waals surface area contributed by atoms with E-state index in [0.29, 0.717) is 44.9 Å². The number of nitrogens with one attached hydrogen (secondary N) is 2. The molecule has 2 aromatic carbocycles. The molecule has 11 heteroatoms. The van der Waals surface area contributed by atoms with Gasteiger partial charge in [-0.3, -0.25) is 19.1 Å². The molecule has 2 N–H and O–H groups in total. The van der Waals surface area contributed by atoms with Crippen molar-refractivity contribution in [2.24, 2.45) is 0 Å². The van der Waals surface area contributed by atoms with Gasteiger partial charge in [-0.15, -0.1) is 0 Å². The Morgan fingerprint density at radius 1 is 1.02 bits per heavy atom. The number of hydrogen-bond acceptors (Lipinski definition) is 7. The molecule has 0 saturated heterocycles. The fourth-order valence-corrected chi connectivity index (χ4v) is 5.05. The van der Waals surface area contributed by atoms with E-state index in [-0.39, 0.29) is 17.1 Å². The molecule has 5 rings (SSSR count). The Bertz CT molecular complexity index is 1950. The first kappa shape index (κ1) is 26.5. The number of hydrogen-bond donors (Lipinski definition) is 2. The van der Waals surface area contributed by atoms with E-state index in [1.807, 2.05) is 61.5 Å². The number of para-hydroxylation sites is 1. The zero-order chi connectivity index (χ0) is 28.4. The minimum absolute atomic E-state index is 0.158. The van der Waals surface area contributed by atoms with E-state index in [1.54, 1.807) is 23.6 Å². The lowest BCUT2D eigenvalue weighted by Crippen LogP contribution is -2.26. The smallest absolute Gasteiger partial charge is 0.263 e. The van der Waals surface area contributed by atoms with Crippen molar-refractivity contribution < 1.29 is 8.42 Å². The van der Waals surface area contributed by atoms with Gasteiger partial charge in [-0.2, -0.15) is 0 Å². The van der Waals surface area contributed by atoms with Crippen molar-refractivity contribution >= 4 is 38.1 Å². The van der Waals surface area contributed by atoms with Gasteiger partial charge in [-0.25, -0.2) is 23.2 Å². The molecule has 0 aliphatic rings. The summed E-state index contributed by atoms with van der Waals surface area (Å²) >= 11 is 0. The summed E-state index contributed by atoms with van der Waals surface area (Å²) in [6.45, 7) is 11.1. The fourth-order valence-electron chi connectivity index (χ4n) is 4.56. The fraction of sp³-hybridized carbons (Fsp3) is 0.138. The van der Waals surface area contributed by atoms with Gasteiger partial charge in [0.15, 0.2) is 0 Å². The zero-order valence-electron chi connectivity index (χ0n) is 22.0. The van der Waals surface area contributed by atoms with Gasteiger partial charge in [0.05, 0.1) is 24.3 Å². The van der Waals surface area contributed by atoms with Crippen molar-refractivity contribution in [1.82, 2.24) is 19.5 Å². The Hall–Kier alpha value is -5.08. The highest BCUT2D eigenvalue weighted by Crippen LogP contribution is 2.32. The van der Waals surface area contributed by atoms with Crippen LogP contribution in [-0.4, -0.2) is 34.2 Å². The average molecular weight is 552 g/mol. The standard InChI is InChI=1S/C29H25N7O3S/c1-18(33-28-24(30-3)17-32-19(2)34-28)25-15-21-9-8-12-23(20-13-14-31-26(16-20)35-40(4,38)39)27(21)29(37)36(25)22-10-6-5-7-11-22/h5-18H,1-2,4H3,(H,31,35)(H,32,33,34)/t18-/m0/s1. The highest BCUT2D eigenvalue weighted by atomic mass is 32.2. The monoisotopic (exact) mass is 551 g/mol. The zero-order valence-corrected chi connectivity index (χ0v) is 22.8. The molecular weight excluding hydrogens is 526 g/mol. The first-order valence-electron chi connectivity index (χ1n) is 12.3. The van der Waals surface area contributed by atoms with Gasteiger partial charge in [0.25, 0.3) is 5.56 Å². The number of aryl methyl sites for hydroxylation is 1. The largest absolute Gasteiger partial charge is 0.371 e. The second-order valence-corrected chi connectivity index (χ2v) is 11.0. The number of anilines is 2. The summed E-state index contributed by atoms with van der Waals surface area (Å²) in [7, 11) is -3.53. The van der Waals surface area contributed by atoms with E-state index >= 15 is 0 Å². The number of benzene rings is 2. The Morgan fingerprint density at radius 2 is 1.80 bits per heavy atom. The van der Waals surface area contributed by atoms with Crippen LogP contribution in [0.4, 0.5) is 17.3 Å². The lowest BCUT2D eigenvalue weighted by atomic mass is 9.98. The van der Waals surface area contributed by atoms with Crippen LogP contribution in [0.3, 0.4) is 0 Å². The number of aromatic nitrogens is 4. The number of nitrogens with zero attached hydrogens (tertiary/aromatic N) is 5. The second kappa shape index (κ2) is 10.6. The molecule has 0 radical (unpaired) electrons. The Morgan fingerprint density at radius 3 is 2.52 bits per heavy atom. The predicted octanol–water partition coefficient (Wildman–Crippen LogP) is 5.25. The van der Waals surface area contributed by atoms with Crippen molar-refractivity contribution in [3.05, 3.63) is 112 Å². The molecule has 1 atom stereocenters. The van der Waals surface area contributed by atoms with Crippen molar-refractivity contribution in [2.75, 3.05) is 16.3 Å². The first-order chi connectivity index (χ1) is 19.1. The maximum atomic E-state index is 14.3. The summed E-state index contributed by atoms with van der Waals surface area (Å²) in [6, 6.07) is 19.7. The van der Waals surface area contributed by atoms with E-state index in [9.17, 15) is 13.2 Å². The summed E-state index contributed by atoms with van der Waals surface area (Å²) in [4.78, 5) is 30.5. The molecule has 0 aliphatic carbocycles. The Labute approximate surface area is 231 Å². The average Bonchev–Trinajstić information content (AvgIpc) is 2.92. The molecule has 0 aliphatic heterocycles. The van der Waals surface area contributed by atoms with Crippen molar-refractivity contribution in [1.29, 1.82) is 0 Å². The minimum Gasteiger partial charge on any atom is -0.371 e. The lowest BCUT2D eigenvalue weighted by Gasteiger charge is -2.22. The molecule has 0 saturated carbocycles.